The number of halogens is 1. The van der Waals surface area contributed by atoms with Gasteiger partial charge in [0.25, 0.3) is 0 Å². The lowest BCUT2D eigenvalue weighted by molar-refractivity contribution is 0.845. The molecule has 0 bridgehead atoms. The number of hydrogen-bond donors (Lipinski definition) is 1. The molecular formula is C13H16ClN3S. The van der Waals surface area contributed by atoms with Gasteiger partial charge in [-0.05, 0) is 25.0 Å². The summed E-state index contributed by atoms with van der Waals surface area (Å²) in [6.45, 7) is 7.05. The molecule has 0 atom stereocenters. The molecule has 0 aliphatic rings. The SMILES string of the molecule is Cc1ccc(CNc2ncnc(Cl)c2C(C)C)s1. The number of hydrogen-bond acceptors (Lipinski definition) is 4. The Morgan fingerprint density at radius 1 is 1.33 bits per heavy atom. The maximum atomic E-state index is 6.12. The Bertz CT molecular complexity index is 537. The molecule has 2 rings (SSSR count). The quantitative estimate of drug-likeness (QED) is 0.852. The highest BCUT2D eigenvalue weighted by Crippen LogP contribution is 2.28. The van der Waals surface area contributed by atoms with Gasteiger partial charge in [0.2, 0.25) is 0 Å². The van der Waals surface area contributed by atoms with Crippen LogP contribution in [-0.2, 0) is 6.54 Å². The molecule has 5 heteroatoms. The Balaban J connectivity index is 2.16. The van der Waals surface area contributed by atoms with E-state index in [1.807, 2.05) is 0 Å². The van der Waals surface area contributed by atoms with E-state index in [0.717, 1.165) is 17.9 Å². The van der Waals surface area contributed by atoms with Crippen LogP contribution < -0.4 is 5.32 Å². The third-order valence-electron chi connectivity index (χ3n) is 2.64. The molecule has 0 aromatic carbocycles. The first-order chi connectivity index (χ1) is 8.58. The zero-order valence-corrected chi connectivity index (χ0v) is 12.3. The lowest BCUT2D eigenvalue weighted by Gasteiger charge is -2.13. The van der Waals surface area contributed by atoms with Crippen LogP contribution in [0.1, 0.15) is 35.1 Å². The molecule has 0 fully saturated rings. The van der Waals surface area contributed by atoms with E-state index >= 15 is 0 Å². The topological polar surface area (TPSA) is 37.8 Å². The summed E-state index contributed by atoms with van der Waals surface area (Å²) in [5, 5.41) is 3.87. The zero-order valence-electron chi connectivity index (χ0n) is 10.7. The van der Waals surface area contributed by atoms with Crippen LogP contribution in [0.25, 0.3) is 0 Å². The van der Waals surface area contributed by atoms with Crippen LogP contribution in [0.15, 0.2) is 18.5 Å². The number of rotatable bonds is 4. The number of nitrogens with one attached hydrogen (secondary N) is 1. The smallest absolute Gasteiger partial charge is 0.138 e. The van der Waals surface area contributed by atoms with E-state index in [0.29, 0.717) is 11.1 Å². The number of nitrogens with zero attached hydrogens (tertiary/aromatic N) is 2. The average molecular weight is 282 g/mol. The van der Waals surface area contributed by atoms with Gasteiger partial charge in [0.05, 0.1) is 6.54 Å². The van der Waals surface area contributed by atoms with Crippen molar-refractivity contribution in [2.75, 3.05) is 5.32 Å². The van der Waals surface area contributed by atoms with E-state index in [9.17, 15) is 0 Å². The van der Waals surface area contributed by atoms with Gasteiger partial charge in [-0.3, -0.25) is 0 Å². The molecular weight excluding hydrogens is 266 g/mol. The molecule has 0 amide bonds. The number of thiophene rings is 1. The molecule has 0 unspecified atom stereocenters. The predicted molar refractivity (Wildman–Crippen MR) is 77.5 cm³/mol. The Kier molecular flexibility index (Phi) is 4.19. The van der Waals surface area contributed by atoms with Gasteiger partial charge in [-0.1, -0.05) is 25.4 Å². The highest BCUT2D eigenvalue weighted by atomic mass is 35.5. The molecule has 0 aliphatic carbocycles. The van der Waals surface area contributed by atoms with Gasteiger partial charge in [0.15, 0.2) is 0 Å². The summed E-state index contributed by atoms with van der Waals surface area (Å²) in [5.74, 6) is 1.13. The molecule has 2 heterocycles. The zero-order chi connectivity index (χ0) is 13.1. The summed E-state index contributed by atoms with van der Waals surface area (Å²) in [7, 11) is 0. The number of anilines is 1. The minimum atomic E-state index is 0.297. The monoisotopic (exact) mass is 281 g/mol. The molecule has 2 aromatic rings. The Labute approximate surface area is 116 Å². The van der Waals surface area contributed by atoms with Gasteiger partial charge in [-0.25, -0.2) is 9.97 Å². The fourth-order valence-electron chi connectivity index (χ4n) is 1.78. The van der Waals surface area contributed by atoms with E-state index in [4.69, 9.17) is 11.6 Å². The summed E-state index contributed by atoms with van der Waals surface area (Å²) in [4.78, 5) is 10.9. The van der Waals surface area contributed by atoms with Crippen molar-refractivity contribution < 1.29 is 0 Å². The van der Waals surface area contributed by atoms with Crippen molar-refractivity contribution in [2.45, 2.75) is 33.2 Å². The minimum Gasteiger partial charge on any atom is -0.365 e. The molecule has 96 valence electrons. The second kappa shape index (κ2) is 5.67. The standard InChI is InChI=1S/C13H16ClN3S/c1-8(2)11-12(14)16-7-17-13(11)15-6-10-5-4-9(3)18-10/h4-5,7-8H,6H2,1-3H3,(H,15,16,17). The molecule has 3 nitrogen and oxygen atoms in total. The Morgan fingerprint density at radius 2 is 2.11 bits per heavy atom. The van der Waals surface area contributed by atoms with Crippen LogP contribution in [0.2, 0.25) is 5.15 Å². The fourth-order valence-corrected chi connectivity index (χ4v) is 2.96. The van der Waals surface area contributed by atoms with Gasteiger partial charge in [-0.2, -0.15) is 0 Å². The maximum Gasteiger partial charge on any atom is 0.138 e. The van der Waals surface area contributed by atoms with Crippen LogP contribution in [0.3, 0.4) is 0 Å². The highest BCUT2D eigenvalue weighted by molar-refractivity contribution is 7.11. The lowest BCUT2D eigenvalue weighted by atomic mass is 10.1. The molecule has 0 saturated heterocycles. The van der Waals surface area contributed by atoms with Crippen LogP contribution in [0, 0.1) is 6.92 Å². The van der Waals surface area contributed by atoms with Gasteiger partial charge in [0.1, 0.15) is 17.3 Å². The van der Waals surface area contributed by atoms with Crippen LogP contribution >= 0.6 is 22.9 Å². The van der Waals surface area contributed by atoms with E-state index < -0.39 is 0 Å². The van der Waals surface area contributed by atoms with Crippen molar-refractivity contribution in [1.29, 1.82) is 0 Å². The first-order valence-electron chi connectivity index (χ1n) is 5.87. The van der Waals surface area contributed by atoms with Crippen molar-refractivity contribution in [3.8, 4) is 0 Å². The molecule has 18 heavy (non-hydrogen) atoms. The van der Waals surface area contributed by atoms with Crippen molar-refractivity contribution in [2.24, 2.45) is 0 Å². The lowest BCUT2D eigenvalue weighted by Crippen LogP contribution is -2.06. The molecule has 0 radical (unpaired) electrons. The normalized spacial score (nSPS) is 10.9. The van der Waals surface area contributed by atoms with Gasteiger partial charge in [0, 0.05) is 15.3 Å². The number of aromatic nitrogens is 2. The highest BCUT2D eigenvalue weighted by Gasteiger charge is 2.13. The van der Waals surface area contributed by atoms with E-state index in [1.54, 1.807) is 11.3 Å². The fraction of sp³-hybridized carbons (Fsp3) is 0.385. The first kappa shape index (κ1) is 13.3. The second-order valence-corrected chi connectivity index (χ2v) is 6.18. The van der Waals surface area contributed by atoms with Crippen molar-refractivity contribution in [1.82, 2.24) is 9.97 Å². The molecule has 1 N–H and O–H groups in total. The van der Waals surface area contributed by atoms with Gasteiger partial charge >= 0.3 is 0 Å². The Hall–Kier alpha value is -1.13. The summed E-state index contributed by atoms with van der Waals surface area (Å²) in [6.07, 6.45) is 1.50. The predicted octanol–water partition coefficient (Wildman–Crippen LogP) is 4.24. The van der Waals surface area contributed by atoms with E-state index in [1.165, 1.54) is 16.1 Å². The molecule has 0 saturated carbocycles. The molecule has 2 aromatic heterocycles. The van der Waals surface area contributed by atoms with Crippen LogP contribution in [0.4, 0.5) is 5.82 Å². The molecule has 0 aliphatic heterocycles. The van der Waals surface area contributed by atoms with Crippen LogP contribution in [-0.4, -0.2) is 9.97 Å². The van der Waals surface area contributed by atoms with Crippen LogP contribution in [0.5, 0.6) is 0 Å². The summed E-state index contributed by atoms with van der Waals surface area (Å²) >= 11 is 7.91. The summed E-state index contributed by atoms with van der Waals surface area (Å²) < 4.78 is 0. The maximum absolute atomic E-state index is 6.12. The minimum absolute atomic E-state index is 0.297. The average Bonchev–Trinajstić information content (AvgIpc) is 2.72. The van der Waals surface area contributed by atoms with Gasteiger partial charge < -0.3 is 5.32 Å². The van der Waals surface area contributed by atoms with Gasteiger partial charge in [-0.15, -0.1) is 11.3 Å². The van der Waals surface area contributed by atoms with Crippen molar-refractivity contribution in [3.05, 3.63) is 38.9 Å². The van der Waals surface area contributed by atoms with Crippen molar-refractivity contribution >= 4 is 28.8 Å². The molecule has 0 spiro atoms. The third-order valence-corrected chi connectivity index (χ3v) is 3.94. The van der Waals surface area contributed by atoms with Crippen molar-refractivity contribution in [3.63, 3.8) is 0 Å². The van der Waals surface area contributed by atoms with E-state index in [2.05, 4.69) is 48.2 Å². The van der Waals surface area contributed by atoms with E-state index in [-0.39, 0.29) is 0 Å². The largest absolute Gasteiger partial charge is 0.365 e. The number of aryl methyl sites for hydroxylation is 1. The Morgan fingerprint density at radius 3 is 2.72 bits per heavy atom. The third kappa shape index (κ3) is 3.00. The summed E-state index contributed by atoms with van der Waals surface area (Å²) in [5.41, 5.74) is 0.979. The second-order valence-electron chi connectivity index (χ2n) is 4.45. The summed E-state index contributed by atoms with van der Waals surface area (Å²) in [6, 6.07) is 4.25. The first-order valence-corrected chi connectivity index (χ1v) is 7.07.